The minimum atomic E-state index is -3.30. The van der Waals surface area contributed by atoms with Crippen LogP contribution in [0.5, 0.6) is 0 Å². The van der Waals surface area contributed by atoms with Gasteiger partial charge in [0.25, 0.3) is 0 Å². The Morgan fingerprint density at radius 2 is 2.16 bits per heavy atom. The lowest BCUT2D eigenvalue weighted by atomic mass is 10.2. The number of nitrogens with two attached hydrogens (primary N) is 1. The lowest BCUT2D eigenvalue weighted by Crippen LogP contribution is -2.13. The minimum absolute atomic E-state index is 0.0589. The molecule has 2 heterocycles. The summed E-state index contributed by atoms with van der Waals surface area (Å²) < 4.78 is 24.0. The molecule has 0 saturated carbocycles. The molecule has 0 spiro atoms. The number of aromatic nitrogens is 3. The first-order valence-electron chi connectivity index (χ1n) is 5.11. The smallest absolute Gasteiger partial charge is 0.178 e. The summed E-state index contributed by atoms with van der Waals surface area (Å²) >= 11 is 0. The van der Waals surface area contributed by atoms with Crippen LogP contribution in [0.3, 0.4) is 0 Å². The molecule has 0 aliphatic rings. The van der Waals surface area contributed by atoms with Gasteiger partial charge in [-0.3, -0.25) is 0 Å². The van der Waals surface area contributed by atoms with Crippen molar-refractivity contribution >= 4 is 15.7 Å². The van der Waals surface area contributed by atoms with E-state index in [9.17, 15) is 8.42 Å². The van der Waals surface area contributed by atoms with Crippen LogP contribution in [0.1, 0.15) is 5.56 Å². The third-order valence-electron chi connectivity index (χ3n) is 2.37. The van der Waals surface area contributed by atoms with Crippen molar-refractivity contribution in [1.82, 2.24) is 14.8 Å². The van der Waals surface area contributed by atoms with Crippen molar-refractivity contribution in [3.63, 3.8) is 0 Å². The molecule has 0 bridgehead atoms. The van der Waals surface area contributed by atoms with Crippen LogP contribution in [0.4, 0.5) is 0 Å². The molecule has 0 unspecified atom stereocenters. The van der Waals surface area contributed by atoms with E-state index < -0.39 is 9.84 Å². The van der Waals surface area contributed by atoms with Crippen molar-refractivity contribution in [3.05, 3.63) is 36.3 Å². The van der Waals surface area contributed by atoms with Crippen LogP contribution in [0.2, 0.25) is 0 Å². The highest BCUT2D eigenvalue weighted by Gasteiger charge is 2.11. The number of nitrogens with zero attached hydrogens (tertiary/aromatic N) is 4. The average molecular weight is 281 g/mol. The fourth-order valence-corrected chi connectivity index (χ4v) is 1.88. The number of oxime groups is 1. The largest absolute Gasteiger partial charge is 0.409 e. The molecule has 0 radical (unpaired) electrons. The van der Waals surface area contributed by atoms with Gasteiger partial charge in [-0.05, 0) is 12.1 Å². The van der Waals surface area contributed by atoms with Gasteiger partial charge in [0, 0.05) is 18.0 Å². The molecule has 0 atom stereocenters. The van der Waals surface area contributed by atoms with Gasteiger partial charge in [0.15, 0.2) is 21.5 Å². The van der Waals surface area contributed by atoms with E-state index in [0.29, 0.717) is 11.4 Å². The third kappa shape index (κ3) is 2.71. The summed E-state index contributed by atoms with van der Waals surface area (Å²) in [5, 5.41) is 15.3. The molecule has 0 aliphatic carbocycles. The van der Waals surface area contributed by atoms with Gasteiger partial charge in [0.1, 0.15) is 4.90 Å². The first kappa shape index (κ1) is 13.0. The van der Waals surface area contributed by atoms with E-state index in [1.807, 2.05) is 0 Å². The van der Waals surface area contributed by atoms with Gasteiger partial charge >= 0.3 is 0 Å². The first-order chi connectivity index (χ1) is 8.91. The molecular formula is C10H11N5O3S. The van der Waals surface area contributed by atoms with Gasteiger partial charge in [-0.1, -0.05) is 5.16 Å². The molecule has 9 heteroatoms. The maximum Gasteiger partial charge on any atom is 0.178 e. The van der Waals surface area contributed by atoms with E-state index in [2.05, 4.69) is 15.2 Å². The molecule has 19 heavy (non-hydrogen) atoms. The van der Waals surface area contributed by atoms with E-state index in [1.54, 1.807) is 12.1 Å². The molecule has 100 valence electrons. The highest BCUT2D eigenvalue weighted by atomic mass is 32.2. The molecule has 2 aromatic heterocycles. The summed E-state index contributed by atoms with van der Waals surface area (Å²) in [5.41, 5.74) is 5.85. The SMILES string of the molecule is CS(=O)(=O)c1cnn(-c2ccc(/C(N)=N/O)cn2)c1. The van der Waals surface area contributed by atoms with Crippen LogP contribution in [0.15, 0.2) is 40.8 Å². The van der Waals surface area contributed by atoms with Gasteiger partial charge in [-0.2, -0.15) is 5.10 Å². The zero-order valence-corrected chi connectivity index (χ0v) is 10.7. The van der Waals surface area contributed by atoms with Gasteiger partial charge in [0.2, 0.25) is 0 Å². The van der Waals surface area contributed by atoms with Gasteiger partial charge in [-0.25, -0.2) is 18.1 Å². The average Bonchev–Trinajstić information content (AvgIpc) is 2.87. The second-order valence-electron chi connectivity index (χ2n) is 3.78. The molecule has 3 N–H and O–H groups in total. The second kappa shape index (κ2) is 4.69. The summed E-state index contributed by atoms with van der Waals surface area (Å²) in [5.74, 6) is 0.362. The number of pyridine rings is 1. The number of rotatable bonds is 3. The normalized spacial score (nSPS) is 12.6. The molecule has 8 nitrogen and oxygen atoms in total. The van der Waals surface area contributed by atoms with Crippen molar-refractivity contribution in [2.24, 2.45) is 10.9 Å². The molecule has 0 aliphatic heterocycles. The maximum absolute atomic E-state index is 11.3. The highest BCUT2D eigenvalue weighted by Crippen LogP contribution is 2.10. The van der Waals surface area contributed by atoms with E-state index in [1.165, 1.54) is 23.3 Å². The molecule has 0 saturated heterocycles. The van der Waals surface area contributed by atoms with Crippen LogP contribution >= 0.6 is 0 Å². The molecule has 0 amide bonds. The molecule has 2 rings (SSSR count). The molecule has 0 fully saturated rings. The Morgan fingerprint density at radius 3 is 2.63 bits per heavy atom. The molecular weight excluding hydrogens is 270 g/mol. The fraction of sp³-hybridized carbons (Fsp3) is 0.100. The van der Waals surface area contributed by atoms with E-state index in [-0.39, 0.29) is 10.7 Å². The topological polar surface area (TPSA) is 123 Å². The third-order valence-corrected chi connectivity index (χ3v) is 3.44. The van der Waals surface area contributed by atoms with Gasteiger partial charge in [-0.15, -0.1) is 0 Å². The number of hydrogen-bond acceptors (Lipinski definition) is 6. The van der Waals surface area contributed by atoms with Gasteiger partial charge in [0.05, 0.1) is 12.4 Å². The standard InChI is InChI=1S/C10H11N5O3S/c1-19(17,18)8-5-13-15(6-8)9-3-2-7(4-12-9)10(11)14-16/h2-6,16H,1H3,(H2,11,14). The second-order valence-corrected chi connectivity index (χ2v) is 5.80. The van der Waals surface area contributed by atoms with Crippen LogP contribution in [-0.4, -0.2) is 40.5 Å². The van der Waals surface area contributed by atoms with Crippen molar-refractivity contribution < 1.29 is 13.6 Å². The number of hydrogen-bond donors (Lipinski definition) is 2. The summed E-state index contributed by atoms with van der Waals surface area (Å²) in [7, 11) is -3.30. The maximum atomic E-state index is 11.3. The lowest BCUT2D eigenvalue weighted by Gasteiger charge is -2.01. The van der Waals surface area contributed by atoms with Crippen molar-refractivity contribution in [2.45, 2.75) is 4.90 Å². The predicted octanol–water partition coefficient (Wildman–Crippen LogP) is -0.235. The quantitative estimate of drug-likeness (QED) is 0.346. The Balaban J connectivity index is 2.36. The zero-order valence-electron chi connectivity index (χ0n) is 9.92. The highest BCUT2D eigenvalue weighted by molar-refractivity contribution is 7.90. The number of amidine groups is 1. The van der Waals surface area contributed by atoms with Crippen LogP contribution in [0, 0.1) is 0 Å². The summed E-state index contributed by atoms with van der Waals surface area (Å²) in [4.78, 5) is 4.15. The monoisotopic (exact) mass is 281 g/mol. The van der Waals surface area contributed by atoms with Crippen LogP contribution < -0.4 is 5.73 Å². The Bertz CT molecular complexity index is 718. The van der Waals surface area contributed by atoms with Crippen molar-refractivity contribution in [3.8, 4) is 5.82 Å². The zero-order chi connectivity index (χ0) is 14.0. The Hall–Kier alpha value is -2.42. The lowest BCUT2D eigenvalue weighted by molar-refractivity contribution is 0.318. The summed E-state index contributed by atoms with van der Waals surface area (Å²) in [6.07, 6.45) is 5.10. The van der Waals surface area contributed by atoms with Crippen molar-refractivity contribution in [1.29, 1.82) is 0 Å². The Morgan fingerprint density at radius 1 is 1.42 bits per heavy atom. The van der Waals surface area contributed by atoms with E-state index in [0.717, 1.165) is 6.26 Å². The van der Waals surface area contributed by atoms with Gasteiger partial charge < -0.3 is 10.9 Å². The number of sulfone groups is 1. The van der Waals surface area contributed by atoms with Crippen LogP contribution in [-0.2, 0) is 9.84 Å². The first-order valence-corrected chi connectivity index (χ1v) is 7.00. The van der Waals surface area contributed by atoms with Crippen molar-refractivity contribution in [2.75, 3.05) is 6.26 Å². The minimum Gasteiger partial charge on any atom is -0.409 e. The summed E-state index contributed by atoms with van der Waals surface area (Å²) in [6.45, 7) is 0. The van der Waals surface area contributed by atoms with Crippen LogP contribution in [0.25, 0.3) is 5.82 Å². The van der Waals surface area contributed by atoms with E-state index in [4.69, 9.17) is 10.9 Å². The summed E-state index contributed by atoms with van der Waals surface area (Å²) in [6, 6.07) is 3.16. The predicted molar refractivity (Wildman–Crippen MR) is 67.0 cm³/mol. The molecule has 2 aromatic rings. The Labute approximate surface area is 109 Å². The molecule has 0 aromatic carbocycles. The fourth-order valence-electron chi connectivity index (χ4n) is 1.35. The Kier molecular flexibility index (Phi) is 3.21. The van der Waals surface area contributed by atoms with E-state index >= 15 is 0 Å².